The van der Waals surface area contributed by atoms with Gasteiger partial charge in [0.25, 0.3) is 5.91 Å². The van der Waals surface area contributed by atoms with E-state index in [1.165, 1.54) is 6.92 Å². The van der Waals surface area contributed by atoms with Crippen LogP contribution in [0.3, 0.4) is 0 Å². The van der Waals surface area contributed by atoms with Crippen molar-refractivity contribution in [1.82, 2.24) is 10.2 Å². The van der Waals surface area contributed by atoms with Gasteiger partial charge in [0.2, 0.25) is 0 Å². The third kappa shape index (κ3) is 5.56. The zero-order chi connectivity index (χ0) is 20.8. The monoisotopic (exact) mass is 404 g/mol. The predicted molar refractivity (Wildman–Crippen MR) is 109 cm³/mol. The van der Waals surface area contributed by atoms with Crippen LogP contribution in [0.4, 0.5) is 0 Å². The van der Waals surface area contributed by atoms with Crippen LogP contribution in [0, 0.1) is 0 Å². The molecule has 2 aliphatic rings. The Labute approximate surface area is 172 Å². The van der Waals surface area contributed by atoms with E-state index < -0.39 is 6.10 Å². The van der Waals surface area contributed by atoms with E-state index in [2.05, 4.69) is 5.32 Å². The molecule has 0 bridgehead atoms. The van der Waals surface area contributed by atoms with Crippen LogP contribution in [0.5, 0.6) is 5.75 Å². The van der Waals surface area contributed by atoms with Gasteiger partial charge in [-0.2, -0.15) is 0 Å². The maximum atomic E-state index is 13.2. The molecule has 1 aromatic carbocycles. The molecule has 1 N–H and O–H groups in total. The number of amides is 1. The molecule has 1 aliphatic heterocycles. The van der Waals surface area contributed by atoms with Gasteiger partial charge in [-0.15, -0.1) is 0 Å². The Bertz CT molecular complexity index is 713. The third-order valence-electron chi connectivity index (χ3n) is 5.43. The smallest absolute Gasteiger partial charge is 0.253 e. The highest BCUT2D eigenvalue weighted by molar-refractivity contribution is 5.97. The molecule has 1 heterocycles. The van der Waals surface area contributed by atoms with Crippen LogP contribution in [-0.2, 0) is 14.3 Å². The lowest BCUT2D eigenvalue weighted by Gasteiger charge is -2.34. The lowest BCUT2D eigenvalue weighted by atomic mass is 10.0. The van der Waals surface area contributed by atoms with Crippen LogP contribution in [0.2, 0.25) is 0 Å². The molecular weight excluding hydrogens is 372 g/mol. The van der Waals surface area contributed by atoms with Crippen molar-refractivity contribution < 1.29 is 23.8 Å². The molecule has 1 amide bonds. The first-order valence-corrected chi connectivity index (χ1v) is 10.4. The summed E-state index contributed by atoms with van der Waals surface area (Å²) in [5.74, 6) is 0.560. The SMILES string of the molecule is COCCCOc1cc(C(C)N(C(=O)[C@H]2CNCCO2)C2CC2)ccc1C(C)=O. The summed E-state index contributed by atoms with van der Waals surface area (Å²) >= 11 is 0. The second kappa shape index (κ2) is 10.2. The highest BCUT2D eigenvalue weighted by atomic mass is 16.5. The van der Waals surface area contributed by atoms with E-state index in [1.54, 1.807) is 13.2 Å². The molecule has 0 spiro atoms. The molecule has 1 unspecified atom stereocenters. The Morgan fingerprint density at radius 1 is 1.31 bits per heavy atom. The normalized spacial score (nSPS) is 20.2. The van der Waals surface area contributed by atoms with Gasteiger partial charge in [-0.1, -0.05) is 6.07 Å². The number of nitrogens with zero attached hydrogens (tertiary/aromatic N) is 1. The van der Waals surface area contributed by atoms with Crippen LogP contribution in [0.1, 0.15) is 55.1 Å². The van der Waals surface area contributed by atoms with Crippen LogP contribution in [0.15, 0.2) is 18.2 Å². The zero-order valence-corrected chi connectivity index (χ0v) is 17.6. The third-order valence-corrected chi connectivity index (χ3v) is 5.43. The second-order valence-electron chi connectivity index (χ2n) is 7.72. The number of rotatable bonds is 10. The minimum Gasteiger partial charge on any atom is -0.493 e. The Kier molecular flexibility index (Phi) is 7.64. The summed E-state index contributed by atoms with van der Waals surface area (Å²) in [6.45, 7) is 6.52. The molecule has 1 aromatic rings. The summed E-state index contributed by atoms with van der Waals surface area (Å²) in [5, 5.41) is 3.23. The van der Waals surface area contributed by atoms with Gasteiger partial charge in [0, 0.05) is 39.3 Å². The lowest BCUT2D eigenvalue weighted by molar-refractivity contribution is -0.148. The number of ketones is 1. The highest BCUT2D eigenvalue weighted by Gasteiger charge is 2.40. The molecule has 1 aliphatic carbocycles. The van der Waals surface area contributed by atoms with Crippen molar-refractivity contribution in [3.05, 3.63) is 29.3 Å². The van der Waals surface area contributed by atoms with E-state index in [9.17, 15) is 9.59 Å². The van der Waals surface area contributed by atoms with Gasteiger partial charge in [0.15, 0.2) is 5.78 Å². The lowest BCUT2D eigenvalue weighted by Crippen LogP contribution is -2.50. The second-order valence-corrected chi connectivity index (χ2v) is 7.72. The number of hydrogen-bond donors (Lipinski definition) is 1. The van der Waals surface area contributed by atoms with Crippen LogP contribution in [0.25, 0.3) is 0 Å². The van der Waals surface area contributed by atoms with Crippen LogP contribution < -0.4 is 10.1 Å². The molecule has 3 rings (SSSR count). The van der Waals surface area contributed by atoms with Crippen molar-refractivity contribution in [2.75, 3.05) is 40.0 Å². The van der Waals surface area contributed by atoms with Crippen molar-refractivity contribution in [3.8, 4) is 5.75 Å². The number of carbonyl (C=O) groups excluding carboxylic acids is 2. The van der Waals surface area contributed by atoms with Gasteiger partial charge >= 0.3 is 0 Å². The number of methoxy groups -OCH3 is 1. The van der Waals surface area contributed by atoms with Crippen LogP contribution in [-0.4, -0.2) is 68.8 Å². The Morgan fingerprint density at radius 3 is 2.72 bits per heavy atom. The quantitative estimate of drug-likeness (QED) is 0.477. The summed E-state index contributed by atoms with van der Waals surface area (Å²) in [6.07, 6.45) is 2.34. The van der Waals surface area contributed by atoms with Gasteiger partial charge < -0.3 is 24.4 Å². The summed E-state index contributed by atoms with van der Waals surface area (Å²) in [6, 6.07) is 5.75. The molecule has 0 aromatic heterocycles. The molecule has 1 saturated carbocycles. The first-order valence-electron chi connectivity index (χ1n) is 10.4. The van der Waals surface area contributed by atoms with Crippen molar-refractivity contribution in [3.63, 3.8) is 0 Å². The largest absolute Gasteiger partial charge is 0.493 e. The maximum absolute atomic E-state index is 13.2. The minimum absolute atomic E-state index is 0.0328. The van der Waals surface area contributed by atoms with E-state index in [0.717, 1.165) is 31.4 Å². The fraction of sp³-hybridized carbons (Fsp3) is 0.636. The van der Waals surface area contributed by atoms with Gasteiger partial charge in [0.1, 0.15) is 11.9 Å². The number of nitrogens with one attached hydrogen (secondary N) is 1. The Hall–Kier alpha value is -1.96. The number of benzene rings is 1. The van der Waals surface area contributed by atoms with Gasteiger partial charge in [-0.3, -0.25) is 9.59 Å². The first kappa shape index (κ1) is 21.7. The Balaban J connectivity index is 1.79. The van der Waals surface area contributed by atoms with Crippen molar-refractivity contribution in [2.45, 2.75) is 51.3 Å². The summed E-state index contributed by atoms with van der Waals surface area (Å²) in [5.41, 5.74) is 1.52. The summed E-state index contributed by atoms with van der Waals surface area (Å²) in [4.78, 5) is 27.1. The maximum Gasteiger partial charge on any atom is 0.253 e. The molecule has 29 heavy (non-hydrogen) atoms. The molecule has 7 nitrogen and oxygen atoms in total. The highest BCUT2D eigenvalue weighted by Crippen LogP contribution is 2.36. The van der Waals surface area contributed by atoms with Crippen LogP contribution >= 0.6 is 0 Å². The summed E-state index contributed by atoms with van der Waals surface area (Å²) < 4.78 is 16.6. The minimum atomic E-state index is -0.437. The molecule has 2 atom stereocenters. The fourth-order valence-electron chi connectivity index (χ4n) is 3.69. The Morgan fingerprint density at radius 2 is 2.10 bits per heavy atom. The molecule has 7 heteroatoms. The van der Waals surface area contributed by atoms with Gasteiger partial charge in [-0.05, 0) is 44.4 Å². The van der Waals surface area contributed by atoms with Crippen molar-refractivity contribution in [1.29, 1.82) is 0 Å². The zero-order valence-electron chi connectivity index (χ0n) is 17.6. The van der Waals surface area contributed by atoms with Crippen molar-refractivity contribution >= 4 is 11.7 Å². The summed E-state index contributed by atoms with van der Waals surface area (Å²) in [7, 11) is 1.65. The van der Waals surface area contributed by atoms with E-state index in [4.69, 9.17) is 14.2 Å². The molecule has 160 valence electrons. The molecule has 2 fully saturated rings. The molecule has 0 radical (unpaired) electrons. The predicted octanol–water partition coefficient (Wildman–Crippen LogP) is 2.34. The number of morpholine rings is 1. The van der Waals surface area contributed by atoms with Gasteiger partial charge in [-0.25, -0.2) is 0 Å². The number of hydrogen-bond acceptors (Lipinski definition) is 6. The average Bonchev–Trinajstić information content (AvgIpc) is 3.56. The number of carbonyl (C=O) groups is 2. The van der Waals surface area contributed by atoms with E-state index in [-0.39, 0.29) is 23.8 Å². The fourth-order valence-corrected chi connectivity index (χ4v) is 3.69. The van der Waals surface area contributed by atoms with Crippen molar-refractivity contribution in [2.24, 2.45) is 0 Å². The van der Waals surface area contributed by atoms with E-state index in [0.29, 0.717) is 37.7 Å². The number of Topliss-reactive ketones (excluding diaryl/α,β-unsaturated/α-hetero) is 1. The molecular formula is C22H32N2O5. The first-order chi connectivity index (χ1) is 14.0. The van der Waals surface area contributed by atoms with E-state index >= 15 is 0 Å². The molecule has 1 saturated heterocycles. The topological polar surface area (TPSA) is 77.1 Å². The standard InChI is InChI=1S/C22H32N2O5/c1-15(24(18-6-7-18)22(26)21-14-23-9-12-29-21)17-5-8-19(16(2)25)20(13-17)28-11-4-10-27-3/h5,8,13,15,18,21,23H,4,6-7,9-12,14H2,1-3H3/t15?,21-/m1/s1. The van der Waals surface area contributed by atoms with Gasteiger partial charge in [0.05, 0.1) is 24.8 Å². The average molecular weight is 405 g/mol. The van der Waals surface area contributed by atoms with E-state index in [1.807, 2.05) is 24.0 Å². The number of ether oxygens (including phenoxy) is 3.